The summed E-state index contributed by atoms with van der Waals surface area (Å²) in [6.45, 7) is 0. The summed E-state index contributed by atoms with van der Waals surface area (Å²) in [6, 6.07) is 7.66. The molecule has 116 valence electrons. The third-order valence-electron chi connectivity index (χ3n) is 2.62. The smallest absolute Gasteiger partial charge is 0.489 e. The largest absolute Gasteiger partial charge is 0.573 e. The Morgan fingerprint density at radius 2 is 1.77 bits per heavy atom. The monoisotopic (exact) mass is 314 g/mol. The van der Waals surface area contributed by atoms with Crippen LogP contribution in [0.1, 0.15) is 0 Å². The van der Waals surface area contributed by atoms with Gasteiger partial charge in [-0.25, -0.2) is 0 Å². The Hall–Kier alpha value is -2.84. The average Bonchev–Trinajstić information content (AvgIpc) is 2.45. The fraction of sp³-hybridized carbons (Fsp3) is 0.154. The van der Waals surface area contributed by atoms with Crippen LogP contribution in [0, 0.1) is 10.1 Å². The van der Waals surface area contributed by atoms with Gasteiger partial charge in [0.1, 0.15) is 5.75 Å². The average molecular weight is 314 g/mol. The number of alkyl halides is 3. The normalized spacial score (nSPS) is 11.1. The maximum absolute atomic E-state index is 12.1. The minimum absolute atomic E-state index is 0.00854. The first-order valence-electron chi connectivity index (χ1n) is 5.86. The van der Waals surface area contributed by atoms with E-state index in [1.807, 2.05) is 0 Å². The van der Waals surface area contributed by atoms with Gasteiger partial charge < -0.3 is 19.6 Å². The van der Waals surface area contributed by atoms with Crippen LogP contribution < -0.4 is 9.47 Å². The molecule has 0 fully saturated rings. The summed E-state index contributed by atoms with van der Waals surface area (Å²) in [6.07, 6.45) is -4.78. The van der Waals surface area contributed by atoms with Crippen LogP contribution in [-0.4, -0.2) is 23.4 Å². The van der Waals surface area contributed by atoms with Crippen molar-refractivity contribution in [3.63, 3.8) is 0 Å². The lowest BCUT2D eigenvalue weighted by atomic mass is 10.1. The highest BCUT2D eigenvalue weighted by Gasteiger charge is 2.31. The topological polar surface area (TPSA) is 74.5 Å². The zero-order valence-electron chi connectivity index (χ0n) is 11.1. The molecule has 0 saturated heterocycles. The Bertz CT molecular complexity index is 687. The molecular weight excluding hydrogens is 305 g/mol. The van der Waals surface area contributed by atoms with Gasteiger partial charge in [-0.05, 0) is 46.3 Å². The number of pyridine rings is 1. The number of nitrogens with zero attached hydrogens (tertiary/aromatic N) is 2. The van der Waals surface area contributed by atoms with E-state index in [0.717, 1.165) is 12.1 Å². The summed E-state index contributed by atoms with van der Waals surface area (Å²) < 4.78 is 44.8. The number of hydrogen-bond donors (Lipinski definition) is 0. The van der Waals surface area contributed by atoms with E-state index < -0.39 is 17.1 Å². The number of ether oxygens (including phenoxy) is 2. The van der Waals surface area contributed by atoms with Crippen LogP contribution in [0.15, 0.2) is 36.4 Å². The van der Waals surface area contributed by atoms with Crippen LogP contribution in [0.25, 0.3) is 11.3 Å². The molecule has 1 heterocycles. The number of halogens is 3. The number of rotatable bonds is 4. The SMILES string of the molecule is COc1ccc(-c2ccc(OC(F)(F)F)cc2)nc1[N+](=O)[O-]. The van der Waals surface area contributed by atoms with E-state index >= 15 is 0 Å². The molecule has 0 aliphatic carbocycles. The van der Waals surface area contributed by atoms with Crippen molar-refractivity contribution in [1.82, 2.24) is 4.98 Å². The zero-order valence-corrected chi connectivity index (χ0v) is 11.1. The van der Waals surface area contributed by atoms with Crippen molar-refractivity contribution in [1.29, 1.82) is 0 Å². The summed E-state index contributed by atoms with van der Waals surface area (Å²) in [5, 5.41) is 10.9. The Morgan fingerprint density at radius 3 is 2.27 bits per heavy atom. The van der Waals surface area contributed by atoms with Gasteiger partial charge in [-0.3, -0.25) is 0 Å². The second-order valence-electron chi connectivity index (χ2n) is 4.05. The van der Waals surface area contributed by atoms with Crippen molar-refractivity contribution in [2.75, 3.05) is 7.11 Å². The molecule has 1 aromatic carbocycles. The van der Waals surface area contributed by atoms with Gasteiger partial charge in [0.2, 0.25) is 5.75 Å². The maximum atomic E-state index is 12.1. The van der Waals surface area contributed by atoms with Crippen LogP contribution >= 0.6 is 0 Å². The molecule has 2 aromatic rings. The van der Waals surface area contributed by atoms with Crippen LogP contribution in [0.2, 0.25) is 0 Å². The summed E-state index contributed by atoms with van der Waals surface area (Å²) in [7, 11) is 1.27. The van der Waals surface area contributed by atoms with Gasteiger partial charge in [0.05, 0.1) is 7.11 Å². The predicted molar refractivity (Wildman–Crippen MR) is 69.6 cm³/mol. The molecule has 0 saturated carbocycles. The maximum Gasteiger partial charge on any atom is 0.573 e. The first-order chi connectivity index (χ1) is 10.3. The Balaban J connectivity index is 2.32. The third-order valence-corrected chi connectivity index (χ3v) is 2.62. The van der Waals surface area contributed by atoms with E-state index in [9.17, 15) is 23.3 Å². The first-order valence-corrected chi connectivity index (χ1v) is 5.86. The fourth-order valence-corrected chi connectivity index (χ4v) is 1.71. The van der Waals surface area contributed by atoms with Crippen LogP contribution in [0.5, 0.6) is 11.5 Å². The van der Waals surface area contributed by atoms with Crippen molar-refractivity contribution in [2.24, 2.45) is 0 Å². The van der Waals surface area contributed by atoms with Gasteiger partial charge in [0.25, 0.3) is 0 Å². The summed E-state index contributed by atoms with van der Waals surface area (Å²) in [4.78, 5) is 14.0. The van der Waals surface area contributed by atoms with Gasteiger partial charge in [-0.15, -0.1) is 13.2 Å². The Labute approximate surface area is 122 Å². The predicted octanol–water partition coefficient (Wildman–Crippen LogP) is 3.56. The standard InChI is InChI=1S/C13H9F3N2O4/c1-21-11-7-6-10(17-12(11)18(19)20)8-2-4-9(5-3-8)22-13(14,15)16/h2-7H,1H3. The summed E-state index contributed by atoms with van der Waals surface area (Å²) in [5.74, 6) is -0.874. The molecule has 0 aliphatic heterocycles. The van der Waals surface area contributed by atoms with Crippen molar-refractivity contribution in [3.8, 4) is 22.8 Å². The molecule has 1 aromatic heterocycles. The molecule has 0 N–H and O–H groups in total. The molecule has 22 heavy (non-hydrogen) atoms. The zero-order chi connectivity index (χ0) is 16.3. The molecule has 0 amide bonds. The van der Waals surface area contributed by atoms with Gasteiger partial charge in [0, 0.05) is 5.56 Å². The highest BCUT2D eigenvalue weighted by atomic mass is 19.4. The third kappa shape index (κ3) is 3.62. The van der Waals surface area contributed by atoms with Gasteiger partial charge in [-0.1, -0.05) is 0 Å². The van der Waals surface area contributed by atoms with Crippen LogP contribution in [0.3, 0.4) is 0 Å². The first kappa shape index (κ1) is 15.5. The molecule has 9 heteroatoms. The van der Waals surface area contributed by atoms with Gasteiger partial charge in [0.15, 0.2) is 5.69 Å². The molecule has 0 bridgehead atoms. The number of nitro groups is 1. The minimum Gasteiger partial charge on any atom is -0.489 e. The second kappa shape index (κ2) is 5.88. The summed E-state index contributed by atoms with van der Waals surface area (Å²) in [5.41, 5.74) is 0.631. The molecule has 6 nitrogen and oxygen atoms in total. The lowest BCUT2D eigenvalue weighted by Gasteiger charge is -2.08. The van der Waals surface area contributed by atoms with E-state index in [-0.39, 0.29) is 17.2 Å². The number of hydrogen-bond acceptors (Lipinski definition) is 5. The Morgan fingerprint density at radius 1 is 1.14 bits per heavy atom. The van der Waals surface area contributed by atoms with E-state index in [0.29, 0.717) is 5.56 Å². The minimum atomic E-state index is -4.78. The van der Waals surface area contributed by atoms with Crippen molar-refractivity contribution in [3.05, 3.63) is 46.5 Å². The van der Waals surface area contributed by atoms with Crippen molar-refractivity contribution in [2.45, 2.75) is 6.36 Å². The van der Waals surface area contributed by atoms with Crippen molar-refractivity contribution >= 4 is 5.82 Å². The number of methoxy groups -OCH3 is 1. The van der Waals surface area contributed by atoms with E-state index in [2.05, 4.69) is 9.72 Å². The highest BCUT2D eigenvalue weighted by molar-refractivity contribution is 5.63. The number of benzene rings is 1. The van der Waals surface area contributed by atoms with E-state index in [1.165, 1.54) is 31.4 Å². The van der Waals surface area contributed by atoms with Crippen LogP contribution in [0.4, 0.5) is 19.0 Å². The Kier molecular flexibility index (Phi) is 4.15. The van der Waals surface area contributed by atoms with E-state index in [4.69, 9.17) is 4.74 Å². The fourth-order valence-electron chi connectivity index (χ4n) is 1.71. The molecule has 0 atom stereocenters. The van der Waals surface area contributed by atoms with E-state index in [1.54, 1.807) is 0 Å². The van der Waals surface area contributed by atoms with Gasteiger partial charge >= 0.3 is 12.2 Å². The summed E-state index contributed by atoms with van der Waals surface area (Å²) >= 11 is 0. The number of aromatic nitrogens is 1. The molecular formula is C13H9F3N2O4. The molecule has 0 radical (unpaired) electrons. The highest BCUT2D eigenvalue weighted by Crippen LogP contribution is 2.30. The van der Waals surface area contributed by atoms with Crippen LogP contribution in [-0.2, 0) is 0 Å². The molecule has 2 rings (SSSR count). The lowest BCUT2D eigenvalue weighted by molar-refractivity contribution is -0.390. The second-order valence-corrected chi connectivity index (χ2v) is 4.05. The quantitative estimate of drug-likeness (QED) is 0.637. The molecule has 0 unspecified atom stereocenters. The van der Waals surface area contributed by atoms with Gasteiger partial charge in [-0.2, -0.15) is 0 Å². The molecule has 0 aliphatic rings. The molecule has 0 spiro atoms. The lowest BCUT2D eigenvalue weighted by Crippen LogP contribution is -2.16. The van der Waals surface area contributed by atoms with Crippen molar-refractivity contribution < 1.29 is 27.6 Å².